The van der Waals surface area contributed by atoms with Gasteiger partial charge in [0, 0.05) is 5.39 Å². The third kappa shape index (κ3) is 1.50. The number of ether oxygens (including phenoxy) is 2. The standard InChI is InChI=1S/C11H10FNO3/c1-15-9-4-3-7(12)10-6(9)5-8(13-10)11(14)16-2/h3-5,13H,1-2H3. The van der Waals surface area contributed by atoms with E-state index < -0.39 is 11.8 Å². The number of benzene rings is 1. The summed E-state index contributed by atoms with van der Waals surface area (Å²) in [6.45, 7) is 0. The molecule has 4 nitrogen and oxygen atoms in total. The lowest BCUT2D eigenvalue weighted by Crippen LogP contribution is -2.00. The molecule has 2 aromatic rings. The second-order valence-corrected chi connectivity index (χ2v) is 3.21. The van der Waals surface area contributed by atoms with Crippen molar-refractivity contribution in [3.63, 3.8) is 0 Å². The molecule has 1 aromatic heterocycles. The minimum absolute atomic E-state index is 0.195. The summed E-state index contributed by atoms with van der Waals surface area (Å²) in [4.78, 5) is 13.9. The first-order chi connectivity index (χ1) is 7.67. The average Bonchev–Trinajstić information content (AvgIpc) is 2.74. The number of methoxy groups -OCH3 is 2. The molecule has 0 saturated carbocycles. The summed E-state index contributed by atoms with van der Waals surface area (Å²) in [7, 11) is 2.75. The van der Waals surface area contributed by atoms with Crippen molar-refractivity contribution >= 4 is 16.9 Å². The number of aromatic nitrogens is 1. The van der Waals surface area contributed by atoms with Gasteiger partial charge in [0.05, 0.1) is 19.7 Å². The van der Waals surface area contributed by atoms with Crippen molar-refractivity contribution in [1.82, 2.24) is 4.98 Å². The predicted octanol–water partition coefficient (Wildman–Crippen LogP) is 2.10. The van der Waals surface area contributed by atoms with Crippen molar-refractivity contribution in [2.45, 2.75) is 0 Å². The zero-order chi connectivity index (χ0) is 11.7. The fourth-order valence-electron chi connectivity index (χ4n) is 1.56. The summed E-state index contributed by atoms with van der Waals surface area (Å²) in [6.07, 6.45) is 0. The predicted molar refractivity (Wildman–Crippen MR) is 56.1 cm³/mol. The molecule has 0 unspecified atom stereocenters. The molecule has 0 aliphatic carbocycles. The first-order valence-electron chi connectivity index (χ1n) is 4.61. The largest absolute Gasteiger partial charge is 0.496 e. The van der Waals surface area contributed by atoms with Gasteiger partial charge in [0.15, 0.2) is 0 Å². The molecule has 0 atom stereocenters. The van der Waals surface area contributed by atoms with E-state index in [0.29, 0.717) is 11.1 Å². The minimum atomic E-state index is -0.544. The maximum absolute atomic E-state index is 13.4. The molecule has 16 heavy (non-hydrogen) atoms. The number of fused-ring (bicyclic) bond motifs is 1. The molecule has 5 heteroatoms. The van der Waals surface area contributed by atoms with Crippen LogP contribution in [0.4, 0.5) is 4.39 Å². The van der Waals surface area contributed by atoms with Gasteiger partial charge < -0.3 is 14.5 Å². The van der Waals surface area contributed by atoms with E-state index in [9.17, 15) is 9.18 Å². The maximum Gasteiger partial charge on any atom is 0.354 e. The van der Waals surface area contributed by atoms with Crippen LogP contribution >= 0.6 is 0 Å². The van der Waals surface area contributed by atoms with Crippen LogP contribution in [0.2, 0.25) is 0 Å². The number of nitrogens with one attached hydrogen (secondary N) is 1. The molecule has 0 aliphatic heterocycles. The second kappa shape index (κ2) is 3.84. The number of esters is 1. The molecular formula is C11H10FNO3. The molecule has 84 valence electrons. The highest BCUT2D eigenvalue weighted by Crippen LogP contribution is 2.28. The number of carbonyl (C=O) groups is 1. The van der Waals surface area contributed by atoms with Crippen LogP contribution < -0.4 is 4.74 Å². The Kier molecular flexibility index (Phi) is 2.52. The molecule has 0 amide bonds. The van der Waals surface area contributed by atoms with Crippen LogP contribution in [-0.2, 0) is 4.74 Å². The normalized spacial score (nSPS) is 10.4. The van der Waals surface area contributed by atoms with E-state index in [0.717, 1.165) is 0 Å². The molecule has 0 radical (unpaired) electrons. The SMILES string of the molecule is COC(=O)c1cc2c(OC)ccc(F)c2[nH]1. The maximum atomic E-state index is 13.4. The Labute approximate surface area is 91.0 Å². The molecule has 0 spiro atoms. The van der Waals surface area contributed by atoms with Crippen LogP contribution in [0.3, 0.4) is 0 Å². The Morgan fingerprint density at radius 3 is 2.75 bits per heavy atom. The fraction of sp³-hybridized carbons (Fsp3) is 0.182. The number of carbonyl (C=O) groups excluding carboxylic acids is 1. The van der Waals surface area contributed by atoms with Crippen molar-refractivity contribution in [2.24, 2.45) is 0 Å². The zero-order valence-electron chi connectivity index (χ0n) is 8.83. The number of rotatable bonds is 2. The molecule has 1 heterocycles. The molecule has 1 N–H and O–H groups in total. The smallest absolute Gasteiger partial charge is 0.354 e. The van der Waals surface area contributed by atoms with Gasteiger partial charge >= 0.3 is 5.97 Å². The third-order valence-electron chi connectivity index (χ3n) is 2.33. The van der Waals surface area contributed by atoms with E-state index in [1.165, 1.54) is 32.4 Å². The van der Waals surface area contributed by atoms with Gasteiger partial charge in [-0.3, -0.25) is 0 Å². The van der Waals surface area contributed by atoms with Gasteiger partial charge in [0.1, 0.15) is 17.3 Å². The topological polar surface area (TPSA) is 51.3 Å². The number of aromatic amines is 1. The van der Waals surface area contributed by atoms with Crippen molar-refractivity contribution in [2.75, 3.05) is 14.2 Å². The van der Waals surface area contributed by atoms with Crippen LogP contribution in [0, 0.1) is 5.82 Å². The summed E-state index contributed by atoms with van der Waals surface area (Å²) in [5.74, 6) is -0.480. The van der Waals surface area contributed by atoms with Crippen molar-refractivity contribution in [3.8, 4) is 5.75 Å². The molecule has 2 rings (SSSR count). The van der Waals surface area contributed by atoms with E-state index in [-0.39, 0.29) is 11.2 Å². The summed E-state index contributed by atoms with van der Waals surface area (Å²) in [5.41, 5.74) is 0.431. The number of hydrogen-bond donors (Lipinski definition) is 1. The molecule has 0 aliphatic rings. The number of hydrogen-bond acceptors (Lipinski definition) is 3. The van der Waals surface area contributed by atoms with Crippen LogP contribution in [0.1, 0.15) is 10.5 Å². The molecule has 0 saturated heterocycles. The quantitative estimate of drug-likeness (QED) is 0.793. The van der Waals surface area contributed by atoms with Crippen LogP contribution in [0.5, 0.6) is 5.75 Å². The van der Waals surface area contributed by atoms with Crippen molar-refractivity contribution in [3.05, 3.63) is 29.7 Å². The molecule has 0 bridgehead atoms. The van der Waals surface area contributed by atoms with Gasteiger partial charge in [-0.25, -0.2) is 9.18 Å². The lowest BCUT2D eigenvalue weighted by atomic mass is 10.2. The molecular weight excluding hydrogens is 213 g/mol. The first-order valence-corrected chi connectivity index (χ1v) is 4.61. The van der Waals surface area contributed by atoms with Gasteiger partial charge in [-0.2, -0.15) is 0 Å². The number of H-pyrrole nitrogens is 1. The highest BCUT2D eigenvalue weighted by molar-refractivity contribution is 5.97. The Hall–Kier alpha value is -2.04. The highest BCUT2D eigenvalue weighted by atomic mass is 19.1. The first kappa shape index (κ1) is 10.5. The van der Waals surface area contributed by atoms with E-state index in [4.69, 9.17) is 4.74 Å². The van der Waals surface area contributed by atoms with Gasteiger partial charge in [0.2, 0.25) is 0 Å². The summed E-state index contributed by atoms with van der Waals surface area (Å²) < 4.78 is 23.1. The monoisotopic (exact) mass is 223 g/mol. The minimum Gasteiger partial charge on any atom is -0.496 e. The van der Waals surface area contributed by atoms with Gasteiger partial charge in [-0.1, -0.05) is 0 Å². The van der Waals surface area contributed by atoms with Crippen LogP contribution in [0.25, 0.3) is 10.9 Å². The summed E-state index contributed by atoms with van der Waals surface area (Å²) in [5, 5.41) is 0.517. The Morgan fingerprint density at radius 2 is 2.12 bits per heavy atom. The van der Waals surface area contributed by atoms with Crippen molar-refractivity contribution in [1.29, 1.82) is 0 Å². The van der Waals surface area contributed by atoms with Gasteiger partial charge in [-0.15, -0.1) is 0 Å². The molecule has 1 aromatic carbocycles. The lowest BCUT2D eigenvalue weighted by molar-refractivity contribution is 0.0595. The zero-order valence-corrected chi connectivity index (χ0v) is 8.83. The van der Waals surface area contributed by atoms with E-state index in [1.807, 2.05) is 0 Å². The second-order valence-electron chi connectivity index (χ2n) is 3.21. The molecule has 0 fully saturated rings. The Morgan fingerprint density at radius 1 is 1.38 bits per heavy atom. The average molecular weight is 223 g/mol. The third-order valence-corrected chi connectivity index (χ3v) is 2.33. The Bertz CT molecular complexity index is 547. The van der Waals surface area contributed by atoms with Gasteiger partial charge in [0.25, 0.3) is 0 Å². The van der Waals surface area contributed by atoms with E-state index in [2.05, 4.69) is 9.72 Å². The highest BCUT2D eigenvalue weighted by Gasteiger charge is 2.14. The van der Waals surface area contributed by atoms with Crippen LogP contribution in [-0.4, -0.2) is 25.2 Å². The summed E-state index contributed by atoms with van der Waals surface area (Å²) >= 11 is 0. The fourth-order valence-corrected chi connectivity index (χ4v) is 1.56. The van der Waals surface area contributed by atoms with Crippen LogP contribution in [0.15, 0.2) is 18.2 Å². The Balaban J connectivity index is 2.68. The lowest BCUT2D eigenvalue weighted by Gasteiger charge is -2.00. The van der Waals surface area contributed by atoms with Gasteiger partial charge in [-0.05, 0) is 18.2 Å². The van der Waals surface area contributed by atoms with E-state index >= 15 is 0 Å². The van der Waals surface area contributed by atoms with Crippen molar-refractivity contribution < 1.29 is 18.7 Å². The number of halogens is 1. The summed E-state index contributed by atoms with van der Waals surface area (Å²) in [6, 6.07) is 4.29. The van der Waals surface area contributed by atoms with E-state index in [1.54, 1.807) is 0 Å².